The molecule has 3 heterocycles. The molecule has 0 N–H and O–H groups in total. The summed E-state index contributed by atoms with van der Waals surface area (Å²) in [4.78, 5) is 6.82. The molecule has 0 unspecified atom stereocenters. The molecule has 4 heteroatoms. The fourth-order valence-electron chi connectivity index (χ4n) is 7.61. The van der Waals surface area contributed by atoms with Gasteiger partial charge in [0.1, 0.15) is 12.2 Å². The van der Waals surface area contributed by atoms with Crippen LogP contribution in [0.25, 0.3) is 0 Å². The second-order valence-corrected chi connectivity index (χ2v) is 15.4. The van der Waals surface area contributed by atoms with Crippen molar-refractivity contribution in [2.45, 2.75) is 199 Å². The van der Waals surface area contributed by atoms with E-state index in [9.17, 15) is 0 Å². The van der Waals surface area contributed by atoms with Gasteiger partial charge in [0, 0.05) is 44.9 Å². The van der Waals surface area contributed by atoms with Gasteiger partial charge in [-0.3, -0.25) is 9.88 Å². The number of fused-ring (bicyclic) bond motifs is 1. The number of likely N-dealkylation sites (tertiary alicyclic amines) is 1. The van der Waals surface area contributed by atoms with Crippen molar-refractivity contribution < 1.29 is 9.47 Å². The molecule has 0 saturated carbocycles. The number of ether oxygens (including phenoxy) is 2. The number of pyridine rings is 1. The molecule has 0 radical (unpaired) electrons. The second-order valence-electron chi connectivity index (χ2n) is 15.4. The molecule has 1 aromatic rings. The van der Waals surface area contributed by atoms with E-state index in [0.29, 0.717) is 0 Å². The number of rotatable bonds is 32. The molecule has 1 aromatic heterocycles. The minimum Gasteiger partial charge on any atom is -0.343 e. The van der Waals surface area contributed by atoms with Crippen molar-refractivity contribution in [1.82, 2.24) is 9.88 Å². The maximum atomic E-state index is 6.90. The predicted molar refractivity (Wildman–Crippen MR) is 220 cm³/mol. The molecular formula is C47H78N2O2. The average molecular weight is 703 g/mol. The summed E-state index contributed by atoms with van der Waals surface area (Å²) in [6.45, 7) is 7.59. The lowest BCUT2D eigenvalue weighted by atomic mass is 9.98. The van der Waals surface area contributed by atoms with E-state index in [0.717, 1.165) is 45.3 Å². The third-order valence-electron chi connectivity index (χ3n) is 10.8. The standard InChI is InChI=1S/C47H78N2O2/c1-3-5-7-9-11-13-15-17-19-21-23-25-27-29-31-33-38-47(37-32-30-28-26-24-22-20-18-16-14-12-10-8-6-4-2)50-45-42-49(43-46(45)51-47)40-36-44-35-34-39-48-41-44/h11-14,16-19,34-35,39,41,45-46H,3-10,15,20-33,36-38,40,42-43H2,1-2H3/b13-11-,14-12+,18-16-,19-17-/t45-,46-/m0/s1. The minimum atomic E-state index is -0.352. The van der Waals surface area contributed by atoms with Crippen LogP contribution < -0.4 is 0 Å². The van der Waals surface area contributed by atoms with E-state index in [1.165, 1.54) is 147 Å². The summed E-state index contributed by atoms with van der Waals surface area (Å²) in [6.07, 6.45) is 55.7. The van der Waals surface area contributed by atoms with Gasteiger partial charge in [0.2, 0.25) is 0 Å². The van der Waals surface area contributed by atoms with Gasteiger partial charge in [-0.05, 0) is 88.7 Å². The van der Waals surface area contributed by atoms with Crippen molar-refractivity contribution in [1.29, 1.82) is 0 Å². The molecule has 0 bridgehead atoms. The molecule has 0 aliphatic carbocycles. The molecule has 2 fully saturated rings. The smallest absolute Gasteiger partial charge is 0.169 e. The van der Waals surface area contributed by atoms with Gasteiger partial charge in [0.05, 0.1) is 0 Å². The highest BCUT2D eigenvalue weighted by Gasteiger charge is 2.50. The summed E-state index contributed by atoms with van der Waals surface area (Å²) in [5.41, 5.74) is 1.31. The fraction of sp³-hybridized carbons (Fsp3) is 0.723. The highest BCUT2D eigenvalue weighted by atomic mass is 16.8. The van der Waals surface area contributed by atoms with Crippen LogP contribution in [-0.4, -0.2) is 47.5 Å². The Morgan fingerprint density at radius 1 is 0.627 bits per heavy atom. The van der Waals surface area contributed by atoms with Crippen LogP contribution in [0.5, 0.6) is 0 Å². The first-order valence-electron chi connectivity index (χ1n) is 21.8. The van der Waals surface area contributed by atoms with Gasteiger partial charge < -0.3 is 9.47 Å². The second kappa shape index (κ2) is 29.4. The molecule has 3 rings (SSSR count). The van der Waals surface area contributed by atoms with Gasteiger partial charge in [-0.15, -0.1) is 0 Å². The lowest BCUT2D eigenvalue weighted by Gasteiger charge is -2.31. The van der Waals surface area contributed by atoms with Crippen molar-refractivity contribution in [3.8, 4) is 0 Å². The number of aromatic nitrogens is 1. The quantitative estimate of drug-likeness (QED) is 0.0425. The maximum Gasteiger partial charge on any atom is 0.169 e. The monoisotopic (exact) mass is 703 g/mol. The van der Waals surface area contributed by atoms with Gasteiger partial charge in [-0.1, -0.05) is 146 Å². The number of nitrogens with zero attached hydrogens (tertiary/aromatic N) is 2. The summed E-state index contributed by atoms with van der Waals surface area (Å²) in [5.74, 6) is -0.352. The predicted octanol–water partition coefficient (Wildman–Crippen LogP) is 13.4. The molecular weight excluding hydrogens is 625 g/mol. The van der Waals surface area contributed by atoms with Crippen molar-refractivity contribution in [3.05, 3.63) is 78.7 Å². The van der Waals surface area contributed by atoms with Gasteiger partial charge in [0.25, 0.3) is 0 Å². The fourth-order valence-corrected chi connectivity index (χ4v) is 7.61. The topological polar surface area (TPSA) is 34.6 Å². The van der Waals surface area contributed by atoms with E-state index in [2.05, 4.69) is 78.4 Å². The summed E-state index contributed by atoms with van der Waals surface area (Å²) in [5, 5.41) is 0. The van der Waals surface area contributed by atoms with Crippen LogP contribution in [0.4, 0.5) is 0 Å². The maximum absolute atomic E-state index is 6.90. The molecule has 0 amide bonds. The third-order valence-corrected chi connectivity index (χ3v) is 10.8. The van der Waals surface area contributed by atoms with Crippen LogP contribution in [0.2, 0.25) is 0 Å². The summed E-state index contributed by atoms with van der Waals surface area (Å²) in [6, 6.07) is 4.22. The Morgan fingerprint density at radius 3 is 1.63 bits per heavy atom. The first-order valence-corrected chi connectivity index (χ1v) is 21.8. The Kier molecular flexibility index (Phi) is 25.1. The third kappa shape index (κ3) is 20.7. The van der Waals surface area contributed by atoms with Crippen LogP contribution in [0, 0.1) is 0 Å². The SMILES string of the molecule is CCCCC/C=C\C/C=C\CCCCCCCCC1(CCCCCCCC/C=C\C=C\CCCCC)O[C@H]2CN(CCc3cccnc3)C[C@@H]2O1. The van der Waals surface area contributed by atoms with Crippen LogP contribution in [-0.2, 0) is 15.9 Å². The summed E-state index contributed by atoms with van der Waals surface area (Å²) < 4.78 is 13.8. The van der Waals surface area contributed by atoms with Crippen LogP contribution in [0.15, 0.2) is 73.1 Å². The van der Waals surface area contributed by atoms with E-state index in [1.54, 1.807) is 0 Å². The van der Waals surface area contributed by atoms with Crippen LogP contribution in [0.1, 0.15) is 180 Å². The molecule has 51 heavy (non-hydrogen) atoms. The number of unbranched alkanes of at least 4 members (excludes halogenated alkanes) is 18. The molecule has 2 saturated heterocycles. The van der Waals surface area contributed by atoms with E-state index in [1.807, 2.05) is 18.5 Å². The Balaban J connectivity index is 1.29. The van der Waals surface area contributed by atoms with E-state index >= 15 is 0 Å². The Hall–Kier alpha value is -2.01. The van der Waals surface area contributed by atoms with Gasteiger partial charge in [-0.2, -0.15) is 0 Å². The molecule has 2 aliphatic rings. The molecule has 2 aliphatic heterocycles. The number of allylic oxidation sites excluding steroid dienone is 8. The largest absolute Gasteiger partial charge is 0.343 e. The van der Waals surface area contributed by atoms with Gasteiger partial charge in [0.15, 0.2) is 5.79 Å². The van der Waals surface area contributed by atoms with E-state index in [-0.39, 0.29) is 18.0 Å². The molecule has 0 aromatic carbocycles. The summed E-state index contributed by atoms with van der Waals surface area (Å²) in [7, 11) is 0. The van der Waals surface area contributed by atoms with Crippen LogP contribution >= 0.6 is 0 Å². The summed E-state index contributed by atoms with van der Waals surface area (Å²) >= 11 is 0. The van der Waals surface area contributed by atoms with Crippen molar-refractivity contribution in [2.75, 3.05) is 19.6 Å². The van der Waals surface area contributed by atoms with E-state index < -0.39 is 0 Å². The van der Waals surface area contributed by atoms with Crippen molar-refractivity contribution >= 4 is 0 Å². The normalized spacial score (nSPS) is 19.2. The number of hydrogen-bond acceptors (Lipinski definition) is 4. The first kappa shape index (κ1) is 43.4. The van der Waals surface area contributed by atoms with Crippen molar-refractivity contribution in [3.63, 3.8) is 0 Å². The van der Waals surface area contributed by atoms with E-state index in [4.69, 9.17) is 9.47 Å². The Morgan fingerprint density at radius 2 is 1.12 bits per heavy atom. The molecule has 2 atom stereocenters. The van der Waals surface area contributed by atoms with Gasteiger partial charge >= 0.3 is 0 Å². The lowest BCUT2D eigenvalue weighted by Crippen LogP contribution is -2.36. The Labute approximate surface area is 315 Å². The highest BCUT2D eigenvalue weighted by molar-refractivity contribution is 5.09. The zero-order chi connectivity index (χ0) is 35.9. The highest BCUT2D eigenvalue weighted by Crippen LogP contribution is 2.40. The number of hydrogen-bond donors (Lipinski definition) is 0. The average Bonchev–Trinajstić information content (AvgIpc) is 3.68. The van der Waals surface area contributed by atoms with Crippen LogP contribution in [0.3, 0.4) is 0 Å². The molecule has 288 valence electrons. The Bertz CT molecular complexity index is 1050. The van der Waals surface area contributed by atoms with Gasteiger partial charge in [-0.25, -0.2) is 0 Å². The molecule has 4 nitrogen and oxygen atoms in total. The van der Waals surface area contributed by atoms with Crippen molar-refractivity contribution in [2.24, 2.45) is 0 Å². The lowest BCUT2D eigenvalue weighted by molar-refractivity contribution is -0.193. The zero-order valence-electron chi connectivity index (χ0n) is 33.3. The zero-order valence-corrected chi connectivity index (χ0v) is 33.3. The molecule has 0 spiro atoms. The first-order chi connectivity index (χ1) is 25.2. The minimum absolute atomic E-state index is 0.225.